The Hall–Kier alpha value is -5.79. The molecule has 1 aliphatic rings. The molecule has 0 bridgehead atoms. The summed E-state index contributed by atoms with van der Waals surface area (Å²) in [5.74, 6) is 0. The second-order valence-corrected chi connectivity index (χ2v) is 13.1. The van der Waals surface area contributed by atoms with Gasteiger partial charge in [-0.1, -0.05) is 166 Å². The van der Waals surface area contributed by atoms with Crippen LogP contribution < -0.4 is 0 Å². The molecule has 222 valence electrons. The Morgan fingerprint density at radius 1 is 0.383 bits per heavy atom. The lowest BCUT2D eigenvalue weighted by Gasteiger charge is -2.24. The summed E-state index contributed by atoms with van der Waals surface area (Å²) in [4.78, 5) is 5.20. The smallest absolute Gasteiger partial charge is 0.0714 e. The Balaban J connectivity index is 1.19. The van der Waals surface area contributed by atoms with E-state index in [2.05, 4.69) is 178 Å². The molecule has 7 aromatic carbocycles. The molecule has 0 amide bonds. The molecule has 9 rings (SSSR count). The summed E-state index contributed by atoms with van der Waals surface area (Å²) in [6.45, 7) is 4.69. The number of fused-ring (bicyclic) bond motifs is 5. The molecule has 1 aromatic heterocycles. The van der Waals surface area contributed by atoms with E-state index in [1.807, 2.05) is 0 Å². The van der Waals surface area contributed by atoms with Crippen molar-refractivity contribution in [3.63, 3.8) is 0 Å². The van der Waals surface area contributed by atoms with E-state index < -0.39 is 0 Å². The normalized spacial score (nSPS) is 13.1. The van der Waals surface area contributed by atoms with Gasteiger partial charge in [0.15, 0.2) is 0 Å². The molecule has 1 heterocycles. The van der Waals surface area contributed by atoms with Gasteiger partial charge in [-0.05, 0) is 77.7 Å². The van der Waals surface area contributed by atoms with Crippen LogP contribution in [0.5, 0.6) is 0 Å². The summed E-state index contributed by atoms with van der Waals surface area (Å²) in [5, 5.41) is 4.90. The Kier molecular flexibility index (Phi) is 6.23. The minimum absolute atomic E-state index is 0.0806. The lowest BCUT2D eigenvalue weighted by Crippen LogP contribution is -2.16. The number of rotatable bonds is 4. The maximum Gasteiger partial charge on any atom is 0.0714 e. The SMILES string of the molecule is CC1(C)c2ccccc2-c2cccc(-c3ccc(-c4c5ccccc5c(-c5ccc(-c6ccccc6)cc5)c5ccccc45)nc3)c21. The van der Waals surface area contributed by atoms with E-state index in [0.29, 0.717) is 0 Å². The van der Waals surface area contributed by atoms with E-state index in [0.717, 1.165) is 11.3 Å². The van der Waals surface area contributed by atoms with Crippen molar-refractivity contribution in [3.8, 4) is 55.8 Å². The highest BCUT2D eigenvalue weighted by atomic mass is 14.7. The molecule has 47 heavy (non-hydrogen) atoms. The first kappa shape index (κ1) is 27.5. The monoisotopic (exact) mass is 599 g/mol. The van der Waals surface area contributed by atoms with Gasteiger partial charge in [-0.25, -0.2) is 0 Å². The van der Waals surface area contributed by atoms with Gasteiger partial charge >= 0.3 is 0 Å². The van der Waals surface area contributed by atoms with E-state index in [4.69, 9.17) is 4.98 Å². The van der Waals surface area contributed by atoms with Gasteiger partial charge in [0.25, 0.3) is 0 Å². The number of hydrogen-bond acceptors (Lipinski definition) is 1. The van der Waals surface area contributed by atoms with Gasteiger partial charge in [-0.3, -0.25) is 4.98 Å². The molecule has 1 nitrogen and oxygen atoms in total. The van der Waals surface area contributed by atoms with Crippen LogP contribution in [0.1, 0.15) is 25.0 Å². The maximum atomic E-state index is 5.20. The molecule has 0 unspecified atom stereocenters. The third-order valence-electron chi connectivity index (χ3n) is 10.1. The highest BCUT2D eigenvalue weighted by Crippen LogP contribution is 2.52. The third kappa shape index (κ3) is 4.27. The van der Waals surface area contributed by atoms with E-state index in [9.17, 15) is 0 Å². The van der Waals surface area contributed by atoms with Crippen LogP contribution >= 0.6 is 0 Å². The number of nitrogens with zero attached hydrogens (tertiary/aromatic N) is 1. The maximum absolute atomic E-state index is 5.20. The summed E-state index contributed by atoms with van der Waals surface area (Å²) in [6.07, 6.45) is 2.07. The van der Waals surface area contributed by atoms with Crippen molar-refractivity contribution >= 4 is 21.5 Å². The Morgan fingerprint density at radius 3 is 1.55 bits per heavy atom. The minimum atomic E-state index is -0.0806. The number of benzene rings is 7. The van der Waals surface area contributed by atoms with Crippen molar-refractivity contribution in [2.24, 2.45) is 0 Å². The molecule has 0 fully saturated rings. The van der Waals surface area contributed by atoms with Crippen LogP contribution in [0.25, 0.3) is 77.3 Å². The zero-order valence-corrected chi connectivity index (χ0v) is 26.5. The van der Waals surface area contributed by atoms with Gasteiger partial charge in [-0.15, -0.1) is 0 Å². The molecule has 1 aliphatic carbocycles. The zero-order valence-electron chi connectivity index (χ0n) is 26.5. The lowest BCUT2D eigenvalue weighted by atomic mass is 9.79. The highest BCUT2D eigenvalue weighted by Gasteiger charge is 2.37. The molecule has 0 radical (unpaired) electrons. The van der Waals surface area contributed by atoms with Gasteiger partial charge in [-0.2, -0.15) is 0 Å². The Labute approximate surface area is 275 Å². The third-order valence-corrected chi connectivity index (χ3v) is 10.1. The fraction of sp³-hybridized carbons (Fsp3) is 0.0652. The van der Waals surface area contributed by atoms with E-state index >= 15 is 0 Å². The Bertz CT molecular complexity index is 2390. The molecule has 8 aromatic rings. The second kappa shape index (κ2) is 10.6. The first-order valence-corrected chi connectivity index (χ1v) is 16.4. The number of hydrogen-bond donors (Lipinski definition) is 0. The summed E-state index contributed by atoms with van der Waals surface area (Å²) in [5.41, 5.74) is 14.9. The predicted octanol–water partition coefficient (Wildman–Crippen LogP) is 12.4. The summed E-state index contributed by atoms with van der Waals surface area (Å²) >= 11 is 0. The average molecular weight is 600 g/mol. The highest BCUT2D eigenvalue weighted by molar-refractivity contribution is 6.21. The van der Waals surface area contributed by atoms with Crippen LogP contribution in [-0.4, -0.2) is 4.98 Å². The van der Waals surface area contributed by atoms with Gasteiger partial charge in [0.2, 0.25) is 0 Å². The van der Waals surface area contributed by atoms with Crippen LogP contribution in [0.15, 0.2) is 164 Å². The molecular weight excluding hydrogens is 567 g/mol. The van der Waals surface area contributed by atoms with Crippen LogP contribution in [0.4, 0.5) is 0 Å². The lowest BCUT2D eigenvalue weighted by molar-refractivity contribution is 0.662. The largest absolute Gasteiger partial charge is 0.256 e. The van der Waals surface area contributed by atoms with Crippen molar-refractivity contribution in [1.29, 1.82) is 0 Å². The number of aromatic nitrogens is 1. The molecule has 0 N–H and O–H groups in total. The first-order chi connectivity index (χ1) is 23.1. The van der Waals surface area contributed by atoms with Gasteiger partial charge in [0, 0.05) is 22.7 Å². The van der Waals surface area contributed by atoms with Crippen molar-refractivity contribution < 1.29 is 0 Å². The van der Waals surface area contributed by atoms with E-state index in [1.165, 1.54) is 77.2 Å². The van der Waals surface area contributed by atoms with E-state index in [-0.39, 0.29) is 5.41 Å². The molecule has 0 saturated heterocycles. The molecule has 0 saturated carbocycles. The summed E-state index contributed by atoms with van der Waals surface area (Å²) in [7, 11) is 0. The molecule has 0 atom stereocenters. The minimum Gasteiger partial charge on any atom is -0.256 e. The topological polar surface area (TPSA) is 12.9 Å². The molecule has 1 heteroatoms. The fourth-order valence-corrected chi connectivity index (χ4v) is 7.96. The number of pyridine rings is 1. The van der Waals surface area contributed by atoms with E-state index in [1.54, 1.807) is 0 Å². The van der Waals surface area contributed by atoms with Crippen molar-refractivity contribution in [2.75, 3.05) is 0 Å². The van der Waals surface area contributed by atoms with Gasteiger partial charge < -0.3 is 0 Å². The molecule has 0 aliphatic heterocycles. The molecule has 0 spiro atoms. The summed E-state index contributed by atoms with van der Waals surface area (Å²) in [6, 6.07) is 57.2. The quantitative estimate of drug-likeness (QED) is 0.183. The standard InChI is InChI=1S/C46H33N/c1-46(2)41-22-11-10-15-35(41)40-21-12-20-34(45(40)46)33-27-28-42(47-29-33)44-38-18-8-6-16-36(38)43(37-17-7-9-19-39(37)44)32-25-23-31(24-26-32)30-13-4-3-5-14-30/h3-29H,1-2H3. The van der Waals surface area contributed by atoms with Crippen LogP contribution in [-0.2, 0) is 5.41 Å². The predicted molar refractivity (Wildman–Crippen MR) is 199 cm³/mol. The van der Waals surface area contributed by atoms with Crippen LogP contribution in [0.3, 0.4) is 0 Å². The van der Waals surface area contributed by atoms with Crippen molar-refractivity contribution in [2.45, 2.75) is 19.3 Å². The second-order valence-electron chi connectivity index (χ2n) is 13.1. The van der Waals surface area contributed by atoms with Crippen molar-refractivity contribution in [3.05, 3.63) is 175 Å². The zero-order chi connectivity index (χ0) is 31.5. The Morgan fingerprint density at radius 2 is 0.894 bits per heavy atom. The average Bonchev–Trinajstić information content (AvgIpc) is 3.37. The van der Waals surface area contributed by atoms with Gasteiger partial charge in [0.05, 0.1) is 5.69 Å². The van der Waals surface area contributed by atoms with Crippen LogP contribution in [0, 0.1) is 0 Å². The molecular formula is C46H33N. The van der Waals surface area contributed by atoms with Crippen LogP contribution in [0.2, 0.25) is 0 Å². The fourth-order valence-electron chi connectivity index (χ4n) is 7.96. The first-order valence-electron chi connectivity index (χ1n) is 16.4. The van der Waals surface area contributed by atoms with Crippen molar-refractivity contribution in [1.82, 2.24) is 4.98 Å². The summed E-state index contributed by atoms with van der Waals surface area (Å²) < 4.78 is 0. The van der Waals surface area contributed by atoms with Gasteiger partial charge in [0.1, 0.15) is 0 Å².